The smallest absolute Gasteiger partial charge is 0.316 e. The fourth-order valence-electron chi connectivity index (χ4n) is 2.45. The molecule has 7 heteroatoms. The number of likely N-dealkylation sites (N-methyl/N-ethyl adjacent to an activating group) is 1. The van der Waals surface area contributed by atoms with E-state index in [-0.39, 0.29) is 30.4 Å². The summed E-state index contributed by atoms with van der Waals surface area (Å²) in [7, 11) is 1.50. The number of nitrogens with one attached hydrogen (secondary N) is 1. The third-order valence-electron chi connectivity index (χ3n) is 3.76. The number of carbonyl (C=O) groups excluding carboxylic acids is 3. The molecule has 2 amide bonds. The molecule has 2 aromatic carbocycles. The van der Waals surface area contributed by atoms with Crippen molar-refractivity contribution in [3.63, 3.8) is 0 Å². The second-order valence-electron chi connectivity index (χ2n) is 7.51. The maximum atomic E-state index is 12.0. The summed E-state index contributed by atoms with van der Waals surface area (Å²) in [6, 6.07) is 14.0. The van der Waals surface area contributed by atoms with E-state index in [2.05, 4.69) is 5.32 Å². The summed E-state index contributed by atoms with van der Waals surface area (Å²) >= 11 is 1.36. The predicted molar refractivity (Wildman–Crippen MR) is 111 cm³/mol. The number of esters is 1. The molecule has 28 heavy (non-hydrogen) atoms. The normalized spacial score (nSPS) is 11.1. The lowest BCUT2D eigenvalue weighted by molar-refractivity contribution is -0.149. The molecule has 0 aliphatic carbocycles. The van der Waals surface area contributed by atoms with E-state index in [1.54, 1.807) is 0 Å². The van der Waals surface area contributed by atoms with Crippen molar-refractivity contribution in [3.05, 3.63) is 42.5 Å². The van der Waals surface area contributed by atoms with E-state index < -0.39 is 11.9 Å². The number of ether oxygens (including phenoxy) is 1. The molecule has 0 aliphatic rings. The van der Waals surface area contributed by atoms with Crippen LogP contribution in [0.3, 0.4) is 0 Å². The Morgan fingerprint density at radius 1 is 1.07 bits per heavy atom. The zero-order chi connectivity index (χ0) is 20.7. The summed E-state index contributed by atoms with van der Waals surface area (Å²) in [5.74, 6) is -1.05. The van der Waals surface area contributed by atoms with E-state index in [0.29, 0.717) is 0 Å². The Hall–Kier alpha value is -2.54. The summed E-state index contributed by atoms with van der Waals surface area (Å²) in [5.41, 5.74) is -0.368. The quantitative estimate of drug-likeness (QED) is 0.569. The van der Waals surface area contributed by atoms with Crippen molar-refractivity contribution in [2.24, 2.45) is 0 Å². The fourth-order valence-corrected chi connectivity index (χ4v) is 3.20. The number of carbonyl (C=O) groups is 3. The van der Waals surface area contributed by atoms with E-state index in [0.717, 1.165) is 15.7 Å². The second-order valence-corrected chi connectivity index (χ2v) is 8.56. The number of nitrogens with zero attached hydrogens (tertiary/aromatic N) is 1. The number of amides is 2. The molecular weight excluding hydrogens is 376 g/mol. The minimum absolute atomic E-state index is 0.0838. The highest BCUT2D eigenvalue weighted by molar-refractivity contribution is 8.00. The molecule has 0 radical (unpaired) electrons. The van der Waals surface area contributed by atoms with E-state index in [9.17, 15) is 14.4 Å². The van der Waals surface area contributed by atoms with Gasteiger partial charge >= 0.3 is 5.97 Å². The molecule has 0 bridgehead atoms. The topological polar surface area (TPSA) is 75.7 Å². The highest BCUT2D eigenvalue weighted by Crippen LogP contribution is 2.23. The molecule has 0 saturated heterocycles. The SMILES string of the molecule is CN(CC(=O)NC(C)(C)C)C(=O)COC(=O)CSc1ccc2ccccc2c1. The molecule has 1 N–H and O–H groups in total. The lowest BCUT2D eigenvalue weighted by Gasteiger charge is -2.23. The summed E-state index contributed by atoms with van der Waals surface area (Å²) in [4.78, 5) is 38.0. The van der Waals surface area contributed by atoms with Crippen LogP contribution < -0.4 is 5.32 Å². The van der Waals surface area contributed by atoms with Crippen molar-refractivity contribution < 1.29 is 19.1 Å². The van der Waals surface area contributed by atoms with E-state index in [4.69, 9.17) is 4.74 Å². The zero-order valence-electron chi connectivity index (χ0n) is 16.7. The summed E-state index contributed by atoms with van der Waals surface area (Å²) in [6.07, 6.45) is 0. The van der Waals surface area contributed by atoms with Gasteiger partial charge in [0.25, 0.3) is 5.91 Å². The average molecular weight is 403 g/mol. The molecule has 0 aliphatic heterocycles. The molecule has 0 saturated carbocycles. The van der Waals surface area contributed by atoms with Gasteiger partial charge in [-0.15, -0.1) is 11.8 Å². The number of hydrogen-bond acceptors (Lipinski definition) is 5. The molecule has 6 nitrogen and oxygen atoms in total. The second kappa shape index (κ2) is 9.59. The molecular formula is C21H26N2O4S. The molecule has 2 rings (SSSR count). The maximum absolute atomic E-state index is 12.0. The highest BCUT2D eigenvalue weighted by atomic mass is 32.2. The Labute approximate surface area is 169 Å². The minimum Gasteiger partial charge on any atom is -0.455 e. The highest BCUT2D eigenvalue weighted by Gasteiger charge is 2.18. The Kier molecular flexibility index (Phi) is 7.45. The first-order valence-corrected chi connectivity index (χ1v) is 9.95. The van der Waals surface area contributed by atoms with Crippen molar-refractivity contribution in [1.29, 1.82) is 0 Å². The maximum Gasteiger partial charge on any atom is 0.316 e. The fraction of sp³-hybridized carbons (Fsp3) is 0.381. The first kappa shape index (κ1) is 21.8. The number of fused-ring (bicyclic) bond motifs is 1. The van der Waals surface area contributed by atoms with Crippen molar-refractivity contribution >= 4 is 40.3 Å². The minimum atomic E-state index is -0.473. The summed E-state index contributed by atoms with van der Waals surface area (Å²) in [6.45, 7) is 5.13. The predicted octanol–water partition coefficient (Wildman–Crippen LogP) is 2.85. The summed E-state index contributed by atoms with van der Waals surface area (Å²) in [5, 5.41) is 5.02. The Morgan fingerprint density at radius 2 is 1.75 bits per heavy atom. The number of thioether (sulfide) groups is 1. The molecule has 0 atom stereocenters. The molecule has 0 fully saturated rings. The van der Waals surface area contributed by atoms with Crippen LogP contribution in [0.2, 0.25) is 0 Å². The lowest BCUT2D eigenvalue weighted by atomic mass is 10.1. The molecule has 0 spiro atoms. The van der Waals surface area contributed by atoms with Crippen LogP contribution in [-0.2, 0) is 19.1 Å². The van der Waals surface area contributed by atoms with Gasteiger partial charge in [-0.05, 0) is 43.7 Å². The van der Waals surface area contributed by atoms with Gasteiger partial charge in [-0.2, -0.15) is 0 Å². The van der Waals surface area contributed by atoms with Gasteiger partial charge in [0, 0.05) is 17.5 Å². The molecule has 2 aromatic rings. The standard InChI is InChI=1S/C21H26N2O4S/c1-21(2,3)22-18(24)12-23(4)19(25)13-27-20(26)14-28-17-10-9-15-7-5-6-8-16(15)11-17/h5-11H,12-14H2,1-4H3,(H,22,24). The van der Waals surface area contributed by atoms with Gasteiger partial charge in [-0.1, -0.05) is 30.3 Å². The molecule has 150 valence electrons. The van der Waals surface area contributed by atoms with Crippen molar-refractivity contribution in [2.45, 2.75) is 31.2 Å². The van der Waals surface area contributed by atoms with Gasteiger partial charge in [-0.25, -0.2) is 0 Å². The van der Waals surface area contributed by atoms with Gasteiger partial charge in [0.1, 0.15) is 0 Å². The third-order valence-corrected chi connectivity index (χ3v) is 4.72. The molecule has 0 unspecified atom stereocenters. The van der Waals surface area contributed by atoms with Crippen molar-refractivity contribution in [1.82, 2.24) is 10.2 Å². The van der Waals surface area contributed by atoms with Crippen LogP contribution in [-0.4, -0.2) is 54.2 Å². The Balaban J connectivity index is 1.75. The third kappa shape index (κ3) is 7.23. The van der Waals surface area contributed by atoms with Crippen LogP contribution in [0.4, 0.5) is 0 Å². The van der Waals surface area contributed by atoms with Gasteiger partial charge < -0.3 is 15.0 Å². The number of hydrogen-bond donors (Lipinski definition) is 1. The van der Waals surface area contributed by atoms with Crippen molar-refractivity contribution in [3.8, 4) is 0 Å². The van der Waals surface area contributed by atoms with Crippen molar-refractivity contribution in [2.75, 3.05) is 26.0 Å². The Bertz CT molecular complexity index is 861. The largest absolute Gasteiger partial charge is 0.455 e. The van der Waals surface area contributed by atoms with Gasteiger partial charge in [-0.3, -0.25) is 14.4 Å². The van der Waals surface area contributed by atoms with Crippen LogP contribution in [0.5, 0.6) is 0 Å². The first-order valence-electron chi connectivity index (χ1n) is 8.96. The average Bonchev–Trinajstić information content (AvgIpc) is 2.62. The molecule has 0 aromatic heterocycles. The van der Waals surface area contributed by atoms with E-state index in [1.807, 2.05) is 63.2 Å². The van der Waals surface area contributed by atoms with Gasteiger partial charge in [0.15, 0.2) is 6.61 Å². The summed E-state index contributed by atoms with van der Waals surface area (Å²) < 4.78 is 5.03. The van der Waals surface area contributed by atoms with Crippen LogP contribution in [0.15, 0.2) is 47.4 Å². The van der Waals surface area contributed by atoms with Crippen LogP contribution >= 0.6 is 11.8 Å². The van der Waals surface area contributed by atoms with Gasteiger partial charge in [0.05, 0.1) is 12.3 Å². The first-order chi connectivity index (χ1) is 13.1. The Morgan fingerprint density at radius 3 is 2.43 bits per heavy atom. The van der Waals surface area contributed by atoms with Crippen LogP contribution in [0, 0.1) is 0 Å². The van der Waals surface area contributed by atoms with Gasteiger partial charge in [0.2, 0.25) is 5.91 Å². The zero-order valence-corrected chi connectivity index (χ0v) is 17.5. The van der Waals surface area contributed by atoms with E-state index in [1.165, 1.54) is 23.7 Å². The molecule has 0 heterocycles. The van der Waals surface area contributed by atoms with Crippen LogP contribution in [0.1, 0.15) is 20.8 Å². The van der Waals surface area contributed by atoms with E-state index >= 15 is 0 Å². The number of rotatable bonds is 7. The monoisotopic (exact) mass is 402 g/mol. The van der Waals surface area contributed by atoms with Crippen LogP contribution in [0.25, 0.3) is 10.8 Å². The lowest BCUT2D eigenvalue weighted by Crippen LogP contribution is -2.46. The number of benzene rings is 2.